The molecule has 0 aromatic heterocycles. The van der Waals surface area contributed by atoms with Crippen molar-refractivity contribution < 1.29 is 19.1 Å². The van der Waals surface area contributed by atoms with E-state index in [1.807, 2.05) is 0 Å². The fourth-order valence-electron chi connectivity index (χ4n) is 2.07. The van der Waals surface area contributed by atoms with Crippen molar-refractivity contribution in [1.82, 2.24) is 4.90 Å². The molecule has 2 aromatic carbocycles. The number of rotatable bonds is 5. The average molecular weight is 361 g/mol. The number of nitrogens with zero attached hydrogens (tertiary/aromatic N) is 1. The van der Waals surface area contributed by atoms with Gasteiger partial charge in [0.05, 0.1) is 6.54 Å². The van der Waals surface area contributed by atoms with Crippen molar-refractivity contribution in [2.45, 2.75) is 6.92 Å². The lowest BCUT2D eigenvalue weighted by atomic mass is 10.2. The van der Waals surface area contributed by atoms with Gasteiger partial charge in [-0.25, -0.2) is 0 Å². The van der Waals surface area contributed by atoms with Gasteiger partial charge in [-0.1, -0.05) is 11.6 Å². The standard InChI is InChI=1S/C18H17ClN2O4/c1-12(22)25-16-9-3-13(4-10-16)18(24)21(2)11-17(23)20-15-7-5-14(19)6-8-15/h3-10H,11H2,1-2H3,(H,20,23). The molecule has 1 N–H and O–H groups in total. The molecule has 6 nitrogen and oxygen atoms in total. The average Bonchev–Trinajstić information content (AvgIpc) is 2.56. The molecule has 2 rings (SSSR count). The molecule has 0 fully saturated rings. The highest BCUT2D eigenvalue weighted by Gasteiger charge is 2.15. The summed E-state index contributed by atoms with van der Waals surface area (Å²) in [6, 6.07) is 12.8. The van der Waals surface area contributed by atoms with Crippen LogP contribution in [0.1, 0.15) is 17.3 Å². The molecule has 0 spiro atoms. The Bertz CT molecular complexity index is 773. The van der Waals surface area contributed by atoms with Gasteiger partial charge in [0.25, 0.3) is 5.91 Å². The lowest BCUT2D eigenvalue weighted by Gasteiger charge is -2.17. The summed E-state index contributed by atoms with van der Waals surface area (Å²) in [5, 5.41) is 3.26. The van der Waals surface area contributed by atoms with Gasteiger partial charge in [0.1, 0.15) is 5.75 Å². The van der Waals surface area contributed by atoms with E-state index in [1.165, 1.54) is 43.1 Å². The smallest absolute Gasteiger partial charge is 0.308 e. The summed E-state index contributed by atoms with van der Waals surface area (Å²) >= 11 is 5.79. The Morgan fingerprint density at radius 3 is 2.20 bits per heavy atom. The normalized spacial score (nSPS) is 10.0. The van der Waals surface area contributed by atoms with E-state index in [4.69, 9.17) is 16.3 Å². The molecule has 0 aliphatic heterocycles. The molecule has 0 bridgehead atoms. The molecule has 2 aromatic rings. The second kappa shape index (κ2) is 8.30. The quantitative estimate of drug-likeness (QED) is 0.657. The van der Waals surface area contributed by atoms with Crippen LogP contribution in [0.3, 0.4) is 0 Å². The van der Waals surface area contributed by atoms with Crippen molar-refractivity contribution in [2.75, 3.05) is 18.9 Å². The molecule has 130 valence electrons. The molecule has 0 saturated carbocycles. The van der Waals surface area contributed by atoms with Gasteiger partial charge in [-0.3, -0.25) is 14.4 Å². The maximum Gasteiger partial charge on any atom is 0.308 e. The number of carbonyl (C=O) groups is 3. The summed E-state index contributed by atoms with van der Waals surface area (Å²) in [5.74, 6) is -0.724. The van der Waals surface area contributed by atoms with E-state index >= 15 is 0 Å². The van der Waals surface area contributed by atoms with E-state index < -0.39 is 5.97 Å². The first-order chi connectivity index (χ1) is 11.8. The fourth-order valence-corrected chi connectivity index (χ4v) is 2.20. The lowest BCUT2D eigenvalue weighted by molar-refractivity contribution is -0.131. The molecular formula is C18H17ClN2O4. The summed E-state index contributed by atoms with van der Waals surface area (Å²) in [7, 11) is 1.53. The van der Waals surface area contributed by atoms with Gasteiger partial charge in [0, 0.05) is 30.2 Å². The Morgan fingerprint density at radius 1 is 1.04 bits per heavy atom. The highest BCUT2D eigenvalue weighted by atomic mass is 35.5. The minimum absolute atomic E-state index is 0.104. The minimum atomic E-state index is -0.435. The number of benzene rings is 2. The van der Waals surface area contributed by atoms with Crippen LogP contribution in [0.25, 0.3) is 0 Å². The maximum absolute atomic E-state index is 12.3. The monoisotopic (exact) mass is 360 g/mol. The van der Waals surface area contributed by atoms with Crippen LogP contribution in [0, 0.1) is 0 Å². The Hall–Kier alpha value is -2.86. The van der Waals surface area contributed by atoms with Crippen molar-refractivity contribution in [3.63, 3.8) is 0 Å². The Kier molecular flexibility index (Phi) is 6.14. The topological polar surface area (TPSA) is 75.7 Å². The molecule has 0 radical (unpaired) electrons. The second-order valence-corrected chi connectivity index (χ2v) is 5.77. The van der Waals surface area contributed by atoms with Crippen LogP contribution in [0.4, 0.5) is 5.69 Å². The molecule has 0 heterocycles. The Morgan fingerprint density at radius 2 is 1.64 bits per heavy atom. The van der Waals surface area contributed by atoms with Crippen LogP contribution < -0.4 is 10.1 Å². The zero-order chi connectivity index (χ0) is 18.4. The highest BCUT2D eigenvalue weighted by molar-refractivity contribution is 6.30. The first kappa shape index (κ1) is 18.5. The molecule has 2 amide bonds. The van der Waals surface area contributed by atoms with Crippen molar-refractivity contribution in [3.05, 3.63) is 59.1 Å². The SMILES string of the molecule is CC(=O)Oc1ccc(C(=O)N(C)CC(=O)Nc2ccc(Cl)cc2)cc1. The van der Waals surface area contributed by atoms with Crippen molar-refractivity contribution in [1.29, 1.82) is 0 Å². The van der Waals surface area contributed by atoms with Crippen LogP contribution >= 0.6 is 11.6 Å². The van der Waals surface area contributed by atoms with Gasteiger partial charge in [-0.05, 0) is 48.5 Å². The van der Waals surface area contributed by atoms with Crippen LogP contribution in [-0.2, 0) is 9.59 Å². The van der Waals surface area contributed by atoms with Crippen molar-refractivity contribution in [3.8, 4) is 5.75 Å². The summed E-state index contributed by atoms with van der Waals surface area (Å²) in [5.41, 5.74) is 0.985. The zero-order valence-electron chi connectivity index (χ0n) is 13.8. The number of likely N-dealkylation sites (N-methyl/N-ethyl adjacent to an activating group) is 1. The number of esters is 1. The first-order valence-corrected chi connectivity index (χ1v) is 7.82. The fraction of sp³-hybridized carbons (Fsp3) is 0.167. The van der Waals surface area contributed by atoms with Gasteiger partial charge in [-0.15, -0.1) is 0 Å². The molecule has 0 atom stereocenters. The second-order valence-electron chi connectivity index (χ2n) is 5.33. The predicted octanol–water partition coefficient (Wildman–Crippen LogP) is 2.98. The van der Waals surface area contributed by atoms with E-state index in [0.717, 1.165) is 0 Å². The van der Waals surface area contributed by atoms with E-state index in [2.05, 4.69) is 5.32 Å². The molecule has 0 aliphatic rings. The lowest BCUT2D eigenvalue weighted by Crippen LogP contribution is -2.34. The van der Waals surface area contributed by atoms with Gasteiger partial charge in [0.15, 0.2) is 0 Å². The molecule has 0 unspecified atom stereocenters. The van der Waals surface area contributed by atoms with Gasteiger partial charge in [-0.2, -0.15) is 0 Å². The number of ether oxygens (including phenoxy) is 1. The molecule has 0 saturated heterocycles. The Labute approximate surface area is 150 Å². The zero-order valence-corrected chi connectivity index (χ0v) is 14.5. The van der Waals surface area contributed by atoms with Crippen LogP contribution in [-0.4, -0.2) is 36.3 Å². The van der Waals surface area contributed by atoms with Crippen molar-refractivity contribution >= 4 is 35.1 Å². The number of hydrogen-bond acceptors (Lipinski definition) is 4. The highest BCUT2D eigenvalue weighted by Crippen LogP contribution is 2.15. The number of amides is 2. The van der Waals surface area contributed by atoms with Crippen molar-refractivity contribution in [2.24, 2.45) is 0 Å². The third kappa shape index (κ3) is 5.61. The molecular weight excluding hydrogens is 344 g/mol. The summed E-state index contributed by atoms with van der Waals surface area (Å²) in [6.07, 6.45) is 0. The maximum atomic E-state index is 12.3. The number of hydrogen-bond donors (Lipinski definition) is 1. The first-order valence-electron chi connectivity index (χ1n) is 7.44. The van der Waals surface area contributed by atoms with E-state index in [-0.39, 0.29) is 18.4 Å². The molecule has 7 heteroatoms. The number of carbonyl (C=O) groups excluding carboxylic acids is 3. The van der Waals surface area contributed by atoms with Gasteiger partial charge in [0.2, 0.25) is 5.91 Å². The summed E-state index contributed by atoms with van der Waals surface area (Å²) in [4.78, 5) is 36.5. The van der Waals surface area contributed by atoms with E-state index in [9.17, 15) is 14.4 Å². The minimum Gasteiger partial charge on any atom is -0.427 e. The molecule has 25 heavy (non-hydrogen) atoms. The third-order valence-corrected chi connectivity index (χ3v) is 3.47. The van der Waals surface area contributed by atoms with Crippen LogP contribution in [0.5, 0.6) is 5.75 Å². The summed E-state index contributed by atoms with van der Waals surface area (Å²) < 4.78 is 4.91. The van der Waals surface area contributed by atoms with Crippen LogP contribution in [0.15, 0.2) is 48.5 Å². The number of halogens is 1. The number of anilines is 1. The Balaban J connectivity index is 1.93. The van der Waals surface area contributed by atoms with Gasteiger partial charge < -0.3 is 15.0 Å². The largest absolute Gasteiger partial charge is 0.427 e. The third-order valence-electron chi connectivity index (χ3n) is 3.22. The number of nitrogens with one attached hydrogen (secondary N) is 1. The van der Waals surface area contributed by atoms with Crippen LogP contribution in [0.2, 0.25) is 5.02 Å². The van der Waals surface area contributed by atoms with Gasteiger partial charge >= 0.3 is 5.97 Å². The van der Waals surface area contributed by atoms with E-state index in [0.29, 0.717) is 22.0 Å². The van der Waals surface area contributed by atoms with E-state index in [1.54, 1.807) is 24.3 Å². The summed E-state index contributed by atoms with van der Waals surface area (Å²) in [6.45, 7) is 1.19. The molecule has 0 aliphatic carbocycles. The predicted molar refractivity (Wildman–Crippen MR) is 94.8 cm³/mol.